The van der Waals surface area contributed by atoms with Crippen LogP contribution in [0.25, 0.3) is 0 Å². The second-order valence-electron chi connectivity index (χ2n) is 3.54. The number of halogens is 4. The normalized spacial score (nSPS) is 10.3. The summed E-state index contributed by atoms with van der Waals surface area (Å²) in [6, 6.07) is 7.32. The molecule has 7 heteroatoms. The standard InChI is InChI=1S/C12H6Cl3IN2O/c13-8-5-17-11(10(15)9(8)14)12(19)18-7-3-1-6(16)2-4-7/h1-5H,(H,18,19). The van der Waals surface area contributed by atoms with Crippen LogP contribution in [0.15, 0.2) is 30.5 Å². The van der Waals surface area contributed by atoms with Crippen molar-refractivity contribution in [2.24, 2.45) is 0 Å². The molecular weight excluding hydrogens is 421 g/mol. The molecule has 1 N–H and O–H groups in total. The summed E-state index contributed by atoms with van der Waals surface area (Å²) in [5.41, 5.74) is 0.684. The average molecular weight is 427 g/mol. The lowest BCUT2D eigenvalue weighted by molar-refractivity contribution is 0.102. The third kappa shape index (κ3) is 3.51. The van der Waals surface area contributed by atoms with Crippen molar-refractivity contribution in [3.05, 3.63) is 54.8 Å². The molecule has 0 spiro atoms. The number of hydrogen-bond acceptors (Lipinski definition) is 2. The maximum absolute atomic E-state index is 12.0. The minimum Gasteiger partial charge on any atom is -0.321 e. The van der Waals surface area contributed by atoms with E-state index in [1.165, 1.54) is 6.20 Å². The van der Waals surface area contributed by atoms with Gasteiger partial charge in [0.1, 0.15) is 5.69 Å². The monoisotopic (exact) mass is 426 g/mol. The summed E-state index contributed by atoms with van der Waals surface area (Å²) in [6.07, 6.45) is 1.29. The van der Waals surface area contributed by atoms with Crippen molar-refractivity contribution in [3.8, 4) is 0 Å². The van der Waals surface area contributed by atoms with Gasteiger partial charge in [-0.15, -0.1) is 0 Å². The first kappa shape index (κ1) is 14.8. The maximum atomic E-state index is 12.0. The summed E-state index contributed by atoms with van der Waals surface area (Å²) in [6.45, 7) is 0. The van der Waals surface area contributed by atoms with E-state index < -0.39 is 5.91 Å². The van der Waals surface area contributed by atoms with E-state index in [1.807, 2.05) is 12.1 Å². The van der Waals surface area contributed by atoms with Crippen molar-refractivity contribution in [3.63, 3.8) is 0 Å². The molecule has 1 aromatic heterocycles. The Morgan fingerprint density at radius 1 is 1.11 bits per heavy atom. The third-order valence-electron chi connectivity index (χ3n) is 2.23. The Bertz CT molecular complexity index is 632. The van der Waals surface area contributed by atoms with Crippen LogP contribution >= 0.6 is 57.4 Å². The van der Waals surface area contributed by atoms with Crippen molar-refractivity contribution in [2.45, 2.75) is 0 Å². The first-order valence-electron chi connectivity index (χ1n) is 5.05. The number of hydrogen-bond donors (Lipinski definition) is 1. The van der Waals surface area contributed by atoms with E-state index in [0.29, 0.717) is 5.69 Å². The molecule has 0 saturated carbocycles. The topological polar surface area (TPSA) is 42.0 Å². The average Bonchev–Trinajstić information content (AvgIpc) is 2.39. The predicted molar refractivity (Wildman–Crippen MR) is 86.4 cm³/mol. The van der Waals surface area contributed by atoms with Crippen molar-refractivity contribution in [1.29, 1.82) is 0 Å². The number of aromatic nitrogens is 1. The molecule has 0 radical (unpaired) electrons. The van der Waals surface area contributed by atoms with Gasteiger partial charge in [0.05, 0.1) is 15.1 Å². The highest BCUT2D eigenvalue weighted by Gasteiger charge is 2.17. The van der Waals surface area contributed by atoms with Gasteiger partial charge >= 0.3 is 0 Å². The smallest absolute Gasteiger partial charge is 0.275 e. The predicted octanol–water partition coefficient (Wildman–Crippen LogP) is 4.90. The van der Waals surface area contributed by atoms with Gasteiger partial charge in [-0.1, -0.05) is 34.8 Å². The van der Waals surface area contributed by atoms with Crippen LogP contribution in [0.3, 0.4) is 0 Å². The van der Waals surface area contributed by atoms with E-state index in [2.05, 4.69) is 32.9 Å². The number of nitrogens with one attached hydrogen (secondary N) is 1. The van der Waals surface area contributed by atoms with Crippen LogP contribution in [-0.4, -0.2) is 10.9 Å². The van der Waals surface area contributed by atoms with Gasteiger partial charge in [0.15, 0.2) is 0 Å². The van der Waals surface area contributed by atoms with Gasteiger partial charge in [-0.05, 0) is 46.9 Å². The maximum Gasteiger partial charge on any atom is 0.275 e. The van der Waals surface area contributed by atoms with E-state index in [4.69, 9.17) is 34.8 Å². The lowest BCUT2D eigenvalue weighted by Gasteiger charge is -2.07. The highest BCUT2D eigenvalue weighted by atomic mass is 127. The van der Waals surface area contributed by atoms with E-state index in [-0.39, 0.29) is 20.8 Å². The van der Waals surface area contributed by atoms with E-state index in [1.54, 1.807) is 12.1 Å². The lowest BCUT2D eigenvalue weighted by Crippen LogP contribution is -2.14. The summed E-state index contributed by atoms with van der Waals surface area (Å²) in [5, 5.41) is 3.04. The number of amides is 1. The molecule has 0 bridgehead atoms. The molecule has 1 amide bonds. The van der Waals surface area contributed by atoms with Crippen molar-refractivity contribution in [1.82, 2.24) is 4.98 Å². The Hall–Kier alpha value is -0.560. The van der Waals surface area contributed by atoms with Crippen LogP contribution < -0.4 is 5.32 Å². The quantitative estimate of drug-likeness (QED) is 0.693. The zero-order chi connectivity index (χ0) is 14.0. The number of nitrogens with zero attached hydrogens (tertiary/aromatic N) is 1. The number of carbonyl (C=O) groups is 1. The van der Waals surface area contributed by atoms with Gasteiger partial charge in [-0.25, -0.2) is 4.98 Å². The molecule has 19 heavy (non-hydrogen) atoms. The fraction of sp³-hybridized carbons (Fsp3) is 0. The molecule has 2 rings (SSSR count). The lowest BCUT2D eigenvalue weighted by atomic mass is 10.3. The van der Waals surface area contributed by atoms with Crippen LogP contribution in [-0.2, 0) is 0 Å². The number of benzene rings is 1. The number of rotatable bonds is 2. The molecule has 0 saturated heterocycles. The van der Waals surface area contributed by atoms with Crippen molar-refractivity contribution < 1.29 is 4.79 Å². The largest absolute Gasteiger partial charge is 0.321 e. The minimum absolute atomic E-state index is 0.0367. The van der Waals surface area contributed by atoms with Gasteiger partial charge < -0.3 is 5.32 Å². The number of carbonyl (C=O) groups excluding carboxylic acids is 1. The first-order chi connectivity index (χ1) is 8.99. The highest BCUT2D eigenvalue weighted by molar-refractivity contribution is 14.1. The summed E-state index contributed by atoms with van der Waals surface area (Å²) >= 11 is 19.7. The van der Waals surface area contributed by atoms with Gasteiger partial charge in [0.2, 0.25) is 0 Å². The molecule has 3 nitrogen and oxygen atoms in total. The summed E-state index contributed by atoms with van der Waals surface area (Å²) in [4.78, 5) is 15.9. The van der Waals surface area contributed by atoms with E-state index >= 15 is 0 Å². The zero-order valence-electron chi connectivity index (χ0n) is 9.25. The van der Waals surface area contributed by atoms with Gasteiger partial charge in [-0.2, -0.15) is 0 Å². The Balaban J connectivity index is 2.25. The Morgan fingerprint density at radius 3 is 2.37 bits per heavy atom. The Labute approximate surface area is 138 Å². The van der Waals surface area contributed by atoms with Crippen LogP contribution in [0.1, 0.15) is 10.5 Å². The van der Waals surface area contributed by atoms with Gasteiger partial charge in [0.25, 0.3) is 5.91 Å². The fourth-order valence-electron chi connectivity index (χ4n) is 1.33. The van der Waals surface area contributed by atoms with E-state index in [0.717, 1.165) is 3.57 Å². The minimum atomic E-state index is -0.440. The number of pyridine rings is 1. The third-order valence-corrected chi connectivity index (χ3v) is 4.19. The van der Waals surface area contributed by atoms with Crippen molar-refractivity contribution >= 4 is 69.0 Å². The second-order valence-corrected chi connectivity index (χ2v) is 5.95. The van der Waals surface area contributed by atoms with E-state index in [9.17, 15) is 4.79 Å². The molecular formula is C12H6Cl3IN2O. The molecule has 2 aromatic rings. The number of anilines is 1. The van der Waals surface area contributed by atoms with Crippen LogP contribution in [0.4, 0.5) is 5.69 Å². The second kappa shape index (κ2) is 6.26. The first-order valence-corrected chi connectivity index (χ1v) is 7.26. The molecule has 0 aliphatic carbocycles. The summed E-state index contributed by atoms with van der Waals surface area (Å²) < 4.78 is 1.07. The summed E-state index contributed by atoms with van der Waals surface area (Å²) in [7, 11) is 0. The molecule has 0 unspecified atom stereocenters. The highest BCUT2D eigenvalue weighted by Crippen LogP contribution is 2.31. The molecule has 98 valence electrons. The molecule has 0 aliphatic rings. The van der Waals surface area contributed by atoms with Crippen LogP contribution in [0.2, 0.25) is 15.1 Å². The van der Waals surface area contributed by atoms with Crippen molar-refractivity contribution in [2.75, 3.05) is 5.32 Å². The molecule has 0 fully saturated rings. The van der Waals surface area contributed by atoms with Crippen LogP contribution in [0.5, 0.6) is 0 Å². The molecule has 0 aliphatic heterocycles. The molecule has 1 heterocycles. The fourth-order valence-corrected chi connectivity index (χ4v) is 2.25. The van der Waals surface area contributed by atoms with Crippen LogP contribution in [0, 0.1) is 3.57 Å². The molecule has 0 atom stereocenters. The summed E-state index contributed by atoms with van der Waals surface area (Å²) in [5.74, 6) is -0.440. The SMILES string of the molecule is O=C(Nc1ccc(I)cc1)c1ncc(Cl)c(Cl)c1Cl. The van der Waals surface area contributed by atoms with Gasteiger partial charge in [-0.3, -0.25) is 4.79 Å². The zero-order valence-corrected chi connectivity index (χ0v) is 13.7. The van der Waals surface area contributed by atoms with Gasteiger partial charge in [0, 0.05) is 15.5 Å². The molecule has 1 aromatic carbocycles. The Morgan fingerprint density at radius 2 is 1.74 bits per heavy atom. The Kier molecular flexibility index (Phi) is 4.89.